The van der Waals surface area contributed by atoms with E-state index in [1.54, 1.807) is 0 Å². The first kappa shape index (κ1) is 18.3. The third-order valence-electron chi connectivity index (χ3n) is 4.52. The van der Waals surface area contributed by atoms with Crippen LogP contribution >= 0.6 is 0 Å². The van der Waals surface area contributed by atoms with Gasteiger partial charge in [-0.05, 0) is 37.4 Å². The number of benzene rings is 1. The van der Waals surface area contributed by atoms with Crippen LogP contribution in [0.2, 0.25) is 0 Å². The molecule has 1 aliphatic rings. The molecule has 1 aromatic rings. The number of urea groups is 1. The highest BCUT2D eigenvalue weighted by Gasteiger charge is 2.28. The molecule has 1 fully saturated rings. The van der Waals surface area contributed by atoms with Crippen LogP contribution in [0.15, 0.2) is 24.3 Å². The average Bonchev–Trinajstić information content (AvgIpc) is 3.06. The van der Waals surface area contributed by atoms with E-state index in [0.29, 0.717) is 0 Å². The van der Waals surface area contributed by atoms with E-state index >= 15 is 0 Å². The van der Waals surface area contributed by atoms with Crippen molar-refractivity contribution in [1.82, 2.24) is 15.5 Å². The van der Waals surface area contributed by atoms with Crippen molar-refractivity contribution >= 4 is 11.9 Å². The van der Waals surface area contributed by atoms with E-state index in [0.717, 1.165) is 43.6 Å². The van der Waals surface area contributed by atoms with Crippen LogP contribution in [0, 0.1) is 6.92 Å². The predicted octanol–water partition coefficient (Wildman–Crippen LogP) is 1.70. The van der Waals surface area contributed by atoms with Gasteiger partial charge in [-0.1, -0.05) is 31.2 Å². The zero-order valence-electron chi connectivity index (χ0n) is 14.5. The van der Waals surface area contributed by atoms with Gasteiger partial charge < -0.3 is 21.3 Å². The van der Waals surface area contributed by atoms with Crippen molar-refractivity contribution in [2.24, 2.45) is 5.73 Å². The Hall–Kier alpha value is -2.08. The average molecular weight is 332 g/mol. The lowest BCUT2D eigenvalue weighted by molar-refractivity contribution is -0.133. The normalized spacial score (nSPS) is 18.2. The topological polar surface area (TPSA) is 87.5 Å². The molecule has 0 bridgehead atoms. The molecule has 1 aliphatic heterocycles. The molecule has 0 aliphatic carbocycles. The number of rotatable bonds is 7. The summed E-state index contributed by atoms with van der Waals surface area (Å²) in [5.74, 6) is 0.0625. The summed E-state index contributed by atoms with van der Waals surface area (Å²) in [7, 11) is 0. The smallest absolute Gasteiger partial charge is 0.312 e. The molecular weight excluding hydrogens is 304 g/mol. The number of nitrogens with one attached hydrogen (secondary N) is 2. The molecule has 4 N–H and O–H groups in total. The monoisotopic (exact) mass is 332 g/mol. The van der Waals surface area contributed by atoms with Crippen LogP contribution in [0.5, 0.6) is 0 Å². The SMILES string of the molecule is CCCN(C(=O)CC(NC(N)=O)c1ccccc1C)C1CCNC1. The fourth-order valence-electron chi connectivity index (χ4n) is 3.34. The first-order chi connectivity index (χ1) is 11.5. The van der Waals surface area contributed by atoms with Crippen molar-refractivity contribution in [3.63, 3.8) is 0 Å². The molecule has 2 atom stereocenters. The van der Waals surface area contributed by atoms with Crippen LogP contribution < -0.4 is 16.4 Å². The van der Waals surface area contributed by atoms with Crippen molar-refractivity contribution < 1.29 is 9.59 Å². The standard InChI is InChI=1S/C18H28N4O2/c1-3-10-22(14-8-9-20-12-14)17(23)11-16(21-18(19)24)15-7-5-4-6-13(15)2/h4-7,14,16,20H,3,8-12H2,1-2H3,(H3,19,21,24). The maximum Gasteiger partial charge on any atom is 0.312 e. The van der Waals surface area contributed by atoms with Crippen molar-refractivity contribution in [1.29, 1.82) is 0 Å². The van der Waals surface area contributed by atoms with Gasteiger partial charge in [0.25, 0.3) is 0 Å². The molecule has 24 heavy (non-hydrogen) atoms. The summed E-state index contributed by atoms with van der Waals surface area (Å²) >= 11 is 0. The number of carbonyl (C=O) groups excluding carboxylic acids is 2. The maximum absolute atomic E-state index is 12.9. The molecule has 0 aromatic heterocycles. The van der Waals surface area contributed by atoms with E-state index in [-0.39, 0.29) is 18.4 Å². The van der Waals surface area contributed by atoms with E-state index in [2.05, 4.69) is 17.6 Å². The Labute approximate surface area is 143 Å². The number of primary amides is 1. The Bertz CT molecular complexity index is 570. The minimum Gasteiger partial charge on any atom is -0.352 e. The van der Waals surface area contributed by atoms with Crippen LogP contribution in [0.1, 0.15) is 43.4 Å². The Morgan fingerprint density at radius 2 is 2.17 bits per heavy atom. The lowest BCUT2D eigenvalue weighted by atomic mass is 9.98. The lowest BCUT2D eigenvalue weighted by Crippen LogP contribution is -2.44. The summed E-state index contributed by atoms with van der Waals surface area (Å²) in [4.78, 5) is 26.3. The van der Waals surface area contributed by atoms with E-state index in [4.69, 9.17) is 5.73 Å². The quantitative estimate of drug-likeness (QED) is 0.710. The van der Waals surface area contributed by atoms with Gasteiger partial charge in [-0.2, -0.15) is 0 Å². The molecule has 2 rings (SSSR count). The Morgan fingerprint density at radius 3 is 2.75 bits per heavy atom. The van der Waals surface area contributed by atoms with Crippen LogP contribution in [0.25, 0.3) is 0 Å². The van der Waals surface area contributed by atoms with Crippen molar-refractivity contribution in [3.05, 3.63) is 35.4 Å². The summed E-state index contributed by atoms with van der Waals surface area (Å²) in [5.41, 5.74) is 7.30. The molecule has 6 nitrogen and oxygen atoms in total. The van der Waals surface area contributed by atoms with Crippen LogP contribution in [-0.2, 0) is 4.79 Å². The van der Waals surface area contributed by atoms with Gasteiger partial charge in [-0.15, -0.1) is 0 Å². The van der Waals surface area contributed by atoms with Gasteiger partial charge in [-0.25, -0.2) is 4.79 Å². The van der Waals surface area contributed by atoms with E-state index in [9.17, 15) is 9.59 Å². The highest BCUT2D eigenvalue weighted by atomic mass is 16.2. The van der Waals surface area contributed by atoms with E-state index in [1.807, 2.05) is 36.1 Å². The maximum atomic E-state index is 12.9. The second-order valence-electron chi connectivity index (χ2n) is 6.36. The number of hydrogen-bond donors (Lipinski definition) is 3. The second kappa shape index (κ2) is 8.68. The van der Waals surface area contributed by atoms with Crippen LogP contribution in [0.4, 0.5) is 4.79 Å². The molecule has 132 valence electrons. The number of aryl methyl sites for hydroxylation is 1. The van der Waals surface area contributed by atoms with Gasteiger partial charge in [0.05, 0.1) is 12.5 Å². The third-order valence-corrected chi connectivity index (χ3v) is 4.52. The summed E-state index contributed by atoms with van der Waals surface area (Å²) in [5, 5.41) is 6.04. The number of hydrogen-bond acceptors (Lipinski definition) is 3. The minimum atomic E-state index is -0.611. The third kappa shape index (κ3) is 4.71. The van der Waals surface area contributed by atoms with Gasteiger partial charge in [-0.3, -0.25) is 4.79 Å². The molecular formula is C18H28N4O2. The van der Waals surface area contributed by atoms with Gasteiger partial charge in [0, 0.05) is 19.1 Å². The van der Waals surface area contributed by atoms with Gasteiger partial charge >= 0.3 is 6.03 Å². The van der Waals surface area contributed by atoms with Gasteiger partial charge in [0.1, 0.15) is 0 Å². The first-order valence-corrected chi connectivity index (χ1v) is 8.64. The number of amides is 3. The van der Waals surface area contributed by atoms with Gasteiger partial charge in [0.2, 0.25) is 5.91 Å². The van der Waals surface area contributed by atoms with Crippen molar-refractivity contribution in [2.75, 3.05) is 19.6 Å². The highest BCUT2D eigenvalue weighted by molar-refractivity contribution is 5.79. The molecule has 2 unspecified atom stereocenters. The van der Waals surface area contributed by atoms with E-state index < -0.39 is 12.1 Å². The predicted molar refractivity (Wildman–Crippen MR) is 94.5 cm³/mol. The largest absolute Gasteiger partial charge is 0.352 e. The summed E-state index contributed by atoms with van der Waals surface area (Å²) < 4.78 is 0. The molecule has 0 saturated carbocycles. The molecule has 3 amide bonds. The Balaban J connectivity index is 2.16. The van der Waals surface area contributed by atoms with Crippen molar-refractivity contribution in [3.8, 4) is 0 Å². The van der Waals surface area contributed by atoms with Crippen molar-refractivity contribution in [2.45, 2.75) is 45.2 Å². The molecule has 6 heteroatoms. The molecule has 0 spiro atoms. The zero-order chi connectivity index (χ0) is 17.5. The zero-order valence-corrected chi connectivity index (χ0v) is 14.5. The summed E-state index contributed by atoms with van der Waals surface area (Å²) in [6.07, 6.45) is 2.12. The number of nitrogens with zero attached hydrogens (tertiary/aromatic N) is 1. The van der Waals surface area contributed by atoms with Gasteiger partial charge in [0.15, 0.2) is 0 Å². The fourth-order valence-corrected chi connectivity index (χ4v) is 3.34. The number of carbonyl (C=O) groups is 2. The molecule has 1 saturated heterocycles. The van der Waals surface area contributed by atoms with Crippen LogP contribution in [-0.4, -0.2) is 42.5 Å². The first-order valence-electron chi connectivity index (χ1n) is 8.64. The Morgan fingerprint density at radius 1 is 1.42 bits per heavy atom. The molecule has 1 aromatic carbocycles. The minimum absolute atomic E-state index is 0.0625. The highest BCUT2D eigenvalue weighted by Crippen LogP contribution is 2.23. The van der Waals surface area contributed by atoms with E-state index in [1.165, 1.54) is 0 Å². The second-order valence-corrected chi connectivity index (χ2v) is 6.36. The fraction of sp³-hybridized carbons (Fsp3) is 0.556. The summed E-state index contributed by atoms with van der Waals surface area (Å²) in [6.45, 7) is 6.56. The molecule has 1 heterocycles. The van der Waals surface area contributed by atoms with Crippen LogP contribution in [0.3, 0.4) is 0 Å². The molecule has 0 radical (unpaired) electrons. The number of nitrogens with two attached hydrogens (primary N) is 1. The Kier molecular flexibility index (Phi) is 6.61. The lowest BCUT2D eigenvalue weighted by Gasteiger charge is -2.30. The summed E-state index contributed by atoms with van der Waals surface area (Å²) in [6, 6.07) is 6.99.